The number of ether oxygens (including phenoxy) is 1. The van der Waals surface area contributed by atoms with Crippen LogP contribution in [0.15, 0.2) is 48.5 Å². The summed E-state index contributed by atoms with van der Waals surface area (Å²) in [5.74, 6) is 0.667. The normalized spacial score (nSPS) is 17.2. The first-order chi connectivity index (χ1) is 12.9. The maximum absolute atomic E-state index is 12.6. The lowest BCUT2D eigenvalue weighted by molar-refractivity contribution is 0.0940. The summed E-state index contributed by atoms with van der Waals surface area (Å²) in [6, 6.07) is 14.1. The Hall–Kier alpha value is -2.54. The maximum atomic E-state index is 12.6. The molecule has 27 heavy (non-hydrogen) atoms. The number of sulfonamides is 1. The number of amides is 1. The van der Waals surface area contributed by atoms with Crippen molar-refractivity contribution in [3.8, 4) is 5.75 Å². The van der Waals surface area contributed by atoms with E-state index in [2.05, 4.69) is 5.32 Å². The molecular formula is C20H24N2O4S. The van der Waals surface area contributed by atoms with Crippen molar-refractivity contribution >= 4 is 21.6 Å². The number of anilines is 1. The van der Waals surface area contributed by atoms with Gasteiger partial charge in [0.05, 0.1) is 24.6 Å². The number of benzene rings is 2. The second-order valence-electron chi connectivity index (χ2n) is 6.61. The number of hydrogen-bond acceptors (Lipinski definition) is 4. The van der Waals surface area contributed by atoms with Gasteiger partial charge < -0.3 is 10.1 Å². The van der Waals surface area contributed by atoms with Crippen molar-refractivity contribution in [1.29, 1.82) is 0 Å². The Bertz CT molecular complexity index is 910. The number of nitrogens with one attached hydrogen (secondary N) is 1. The zero-order chi connectivity index (χ0) is 19.4. The summed E-state index contributed by atoms with van der Waals surface area (Å²) in [6.07, 6.45) is 1.50. The van der Waals surface area contributed by atoms with E-state index in [1.54, 1.807) is 31.4 Å². The van der Waals surface area contributed by atoms with Gasteiger partial charge in [-0.15, -0.1) is 0 Å². The first-order valence-electron chi connectivity index (χ1n) is 8.96. The molecule has 1 unspecified atom stereocenters. The van der Waals surface area contributed by atoms with Crippen LogP contribution in [0.25, 0.3) is 0 Å². The van der Waals surface area contributed by atoms with Crippen LogP contribution in [0.2, 0.25) is 0 Å². The zero-order valence-corrected chi connectivity index (χ0v) is 16.3. The van der Waals surface area contributed by atoms with Crippen molar-refractivity contribution < 1.29 is 17.9 Å². The molecule has 1 fully saturated rings. The Morgan fingerprint density at radius 2 is 1.89 bits per heavy atom. The van der Waals surface area contributed by atoms with E-state index in [0.29, 0.717) is 24.2 Å². The highest BCUT2D eigenvalue weighted by atomic mass is 32.2. The summed E-state index contributed by atoms with van der Waals surface area (Å²) >= 11 is 0. The lowest BCUT2D eigenvalue weighted by Crippen LogP contribution is -2.38. The maximum Gasteiger partial charge on any atom is 0.251 e. The molecule has 1 atom stereocenters. The molecule has 0 bridgehead atoms. The topological polar surface area (TPSA) is 75.7 Å². The third kappa shape index (κ3) is 4.42. The number of carbonyl (C=O) groups excluding carboxylic acids is 1. The second-order valence-corrected chi connectivity index (χ2v) is 8.63. The van der Waals surface area contributed by atoms with Gasteiger partial charge in [-0.1, -0.05) is 18.2 Å². The van der Waals surface area contributed by atoms with E-state index in [1.165, 1.54) is 4.31 Å². The molecule has 0 aliphatic carbocycles. The monoisotopic (exact) mass is 388 g/mol. The predicted octanol–water partition coefficient (Wildman–Crippen LogP) is 3.12. The van der Waals surface area contributed by atoms with Crippen molar-refractivity contribution in [2.45, 2.75) is 25.8 Å². The lowest BCUT2D eigenvalue weighted by atomic mass is 10.1. The molecule has 0 saturated carbocycles. The van der Waals surface area contributed by atoms with Gasteiger partial charge in [-0.3, -0.25) is 9.10 Å². The van der Waals surface area contributed by atoms with E-state index in [9.17, 15) is 13.2 Å². The minimum absolute atomic E-state index is 0.151. The van der Waals surface area contributed by atoms with Gasteiger partial charge >= 0.3 is 0 Å². The van der Waals surface area contributed by atoms with Crippen molar-refractivity contribution in [1.82, 2.24) is 5.32 Å². The standard InChI is InChI=1S/C20H24N2O4S/c1-15(16-8-10-19(26-2)11-9-16)21-20(23)17-6-5-7-18(14-17)22-12-3-4-13-27(22,24)25/h5-11,14-15H,3-4,12-13H2,1-2H3,(H,21,23). The predicted molar refractivity (Wildman–Crippen MR) is 106 cm³/mol. The van der Waals surface area contributed by atoms with E-state index in [0.717, 1.165) is 17.7 Å². The fourth-order valence-corrected chi connectivity index (χ4v) is 4.77. The van der Waals surface area contributed by atoms with Crippen LogP contribution < -0.4 is 14.4 Å². The molecule has 0 spiro atoms. The largest absolute Gasteiger partial charge is 0.497 e. The van der Waals surface area contributed by atoms with E-state index < -0.39 is 10.0 Å². The molecule has 0 aromatic heterocycles. The van der Waals surface area contributed by atoms with Gasteiger partial charge in [-0.2, -0.15) is 0 Å². The quantitative estimate of drug-likeness (QED) is 0.854. The lowest BCUT2D eigenvalue weighted by Gasteiger charge is -2.28. The smallest absolute Gasteiger partial charge is 0.251 e. The number of rotatable bonds is 5. The second kappa shape index (κ2) is 8.00. The minimum atomic E-state index is -3.30. The molecule has 2 aromatic rings. The number of hydrogen-bond donors (Lipinski definition) is 1. The SMILES string of the molecule is COc1ccc(C(C)NC(=O)c2cccc(N3CCCCS3(=O)=O)c2)cc1. The van der Waals surface area contributed by atoms with Crippen LogP contribution in [-0.4, -0.2) is 33.7 Å². The number of carbonyl (C=O) groups is 1. The molecule has 1 heterocycles. The van der Waals surface area contributed by atoms with Crippen LogP contribution in [-0.2, 0) is 10.0 Å². The molecule has 1 amide bonds. The fourth-order valence-electron chi connectivity index (χ4n) is 3.14. The van der Waals surface area contributed by atoms with Crippen molar-refractivity contribution in [3.63, 3.8) is 0 Å². The Labute approximate surface area is 160 Å². The Morgan fingerprint density at radius 1 is 1.15 bits per heavy atom. The first-order valence-corrected chi connectivity index (χ1v) is 10.6. The fraction of sp³-hybridized carbons (Fsp3) is 0.350. The summed E-state index contributed by atoms with van der Waals surface area (Å²) in [5.41, 5.74) is 1.94. The number of methoxy groups -OCH3 is 1. The molecule has 0 radical (unpaired) electrons. The summed E-state index contributed by atoms with van der Waals surface area (Å²) in [5, 5.41) is 2.95. The highest BCUT2D eigenvalue weighted by Crippen LogP contribution is 2.25. The van der Waals surface area contributed by atoms with Gasteiger partial charge in [-0.05, 0) is 55.7 Å². The molecule has 6 nitrogen and oxygen atoms in total. The van der Waals surface area contributed by atoms with Crippen LogP contribution in [0.4, 0.5) is 5.69 Å². The number of nitrogens with zero attached hydrogens (tertiary/aromatic N) is 1. The van der Waals surface area contributed by atoms with Gasteiger partial charge in [-0.25, -0.2) is 8.42 Å². The average Bonchev–Trinajstić information content (AvgIpc) is 2.67. The average molecular weight is 388 g/mol. The summed E-state index contributed by atoms with van der Waals surface area (Å²) in [4.78, 5) is 12.6. The van der Waals surface area contributed by atoms with E-state index in [4.69, 9.17) is 4.74 Å². The summed E-state index contributed by atoms with van der Waals surface area (Å²) in [6.45, 7) is 2.36. The third-order valence-electron chi connectivity index (χ3n) is 4.71. The Morgan fingerprint density at radius 3 is 2.56 bits per heavy atom. The van der Waals surface area contributed by atoms with Crippen molar-refractivity contribution in [2.24, 2.45) is 0 Å². The van der Waals surface area contributed by atoms with Crippen molar-refractivity contribution in [3.05, 3.63) is 59.7 Å². The zero-order valence-electron chi connectivity index (χ0n) is 15.5. The molecule has 7 heteroatoms. The van der Waals surface area contributed by atoms with Gasteiger partial charge in [0.15, 0.2) is 0 Å². The molecule has 144 valence electrons. The van der Waals surface area contributed by atoms with Gasteiger partial charge in [0.2, 0.25) is 10.0 Å². The third-order valence-corrected chi connectivity index (χ3v) is 6.58. The van der Waals surface area contributed by atoms with Crippen LogP contribution in [0, 0.1) is 0 Å². The Balaban J connectivity index is 1.75. The van der Waals surface area contributed by atoms with E-state index in [-0.39, 0.29) is 17.7 Å². The van der Waals surface area contributed by atoms with Crippen molar-refractivity contribution in [2.75, 3.05) is 23.7 Å². The minimum Gasteiger partial charge on any atom is -0.497 e. The summed E-state index contributed by atoms with van der Waals surface area (Å²) < 4.78 is 31.1. The van der Waals surface area contributed by atoms with Crippen LogP contribution >= 0.6 is 0 Å². The molecular weight excluding hydrogens is 364 g/mol. The molecule has 1 aliphatic heterocycles. The Kier molecular flexibility index (Phi) is 5.70. The summed E-state index contributed by atoms with van der Waals surface area (Å²) in [7, 11) is -1.70. The highest BCUT2D eigenvalue weighted by Gasteiger charge is 2.26. The molecule has 2 aromatic carbocycles. The van der Waals surface area contributed by atoms with Gasteiger partial charge in [0.1, 0.15) is 5.75 Å². The van der Waals surface area contributed by atoms with E-state index >= 15 is 0 Å². The molecule has 3 rings (SSSR count). The van der Waals surface area contributed by atoms with Crippen LogP contribution in [0.5, 0.6) is 5.75 Å². The highest BCUT2D eigenvalue weighted by molar-refractivity contribution is 7.92. The molecule has 1 aliphatic rings. The first kappa shape index (κ1) is 19.2. The van der Waals surface area contributed by atoms with Crippen LogP contribution in [0.3, 0.4) is 0 Å². The van der Waals surface area contributed by atoms with E-state index in [1.807, 2.05) is 31.2 Å². The molecule has 1 saturated heterocycles. The van der Waals surface area contributed by atoms with Gasteiger partial charge in [0.25, 0.3) is 5.91 Å². The van der Waals surface area contributed by atoms with Crippen LogP contribution in [0.1, 0.15) is 41.7 Å². The van der Waals surface area contributed by atoms with Gasteiger partial charge in [0, 0.05) is 12.1 Å². The molecule has 1 N–H and O–H groups in total.